The van der Waals surface area contributed by atoms with E-state index in [9.17, 15) is 0 Å². The Morgan fingerprint density at radius 1 is 0.850 bits per heavy atom. The fourth-order valence-corrected chi connectivity index (χ4v) is 9.72. The van der Waals surface area contributed by atoms with E-state index in [-0.39, 0.29) is 12.0 Å². The molecule has 4 heterocycles. The molecule has 0 bridgehead atoms. The van der Waals surface area contributed by atoms with Crippen molar-refractivity contribution in [2.75, 3.05) is 0 Å². The molecule has 1 N–H and O–H groups in total. The number of rotatable bonds is 6. The summed E-state index contributed by atoms with van der Waals surface area (Å²) in [4.78, 5) is 5.50. The lowest BCUT2D eigenvalue weighted by Gasteiger charge is -2.26. The largest absolute Gasteiger partial charge is 0.484 e. The Morgan fingerprint density at radius 2 is 1.68 bits per heavy atom. The summed E-state index contributed by atoms with van der Waals surface area (Å²) >= 11 is 0. The molecule has 3 atom stereocenters. The number of nitrogens with one attached hydrogen (secondary N) is 1. The Kier molecular flexibility index (Phi) is 8.26. The number of ether oxygens (including phenoxy) is 1. The van der Waals surface area contributed by atoms with Crippen molar-refractivity contribution in [2.45, 2.75) is 39.1 Å². The Morgan fingerprint density at radius 3 is 2.55 bits per heavy atom. The predicted molar refractivity (Wildman–Crippen MR) is 248 cm³/mol. The monoisotopic (exact) mass is 772 g/mol. The maximum atomic E-state index is 7.07. The molecule has 3 aliphatic rings. The molecule has 2 aliphatic heterocycles. The highest BCUT2D eigenvalue weighted by Crippen LogP contribution is 2.53. The Balaban J connectivity index is 1.28. The topological polar surface area (TPSA) is 43.5 Å². The van der Waals surface area contributed by atoms with Gasteiger partial charge in [-0.1, -0.05) is 109 Å². The molecule has 5 nitrogen and oxygen atoms in total. The van der Waals surface area contributed by atoms with E-state index in [1.807, 2.05) is 37.3 Å². The van der Waals surface area contributed by atoms with E-state index in [0.717, 1.165) is 93.4 Å². The van der Waals surface area contributed by atoms with Gasteiger partial charge in [0.15, 0.2) is 0 Å². The molecule has 0 fully saturated rings. The van der Waals surface area contributed by atoms with Crippen LogP contribution in [0.25, 0.3) is 76.9 Å². The number of nitrogens with zero attached hydrogens (tertiary/aromatic N) is 3. The maximum absolute atomic E-state index is 7.07. The van der Waals surface area contributed by atoms with Gasteiger partial charge in [0.2, 0.25) is 6.29 Å². The van der Waals surface area contributed by atoms with E-state index >= 15 is 0 Å². The number of terminal acetylenes is 1. The first kappa shape index (κ1) is 35.4. The van der Waals surface area contributed by atoms with E-state index in [0.29, 0.717) is 0 Å². The minimum absolute atomic E-state index is 0.0805. The van der Waals surface area contributed by atoms with Gasteiger partial charge in [-0.3, -0.25) is 4.57 Å². The standard InChI is InChI=1S/C55H40N4O/c1-5-17-35(18-6-2)52-41-24-11-14-25-45(41)56-55(57-52)59-48-31-28-34-20-9-10-21-38(34)50(48)51-53(59)42(33-44-40-23-13-16-27-49(40)60-54(44)51)36-29-30-47-43(32-36)39-22-12-15-26-46(39)58(47)37(8-4)19-7-3/h1,6-14,16-25,27-33,40,49,55,57H,2-4H3/b18-6-,19-7-,35-17+,37-8+. The SMILES string of the molecule is C#C/C=C(\C=C/C)C1=c2ccccc2=NC(n2c3ccc4ccccc4c3c3c4c(cc(-c5ccc6c(c5)c5ccc#cc5n6C(/C=C\C)=C/C)c32)C2C=CC=CC2O4)N1. The Hall–Kier alpha value is -7.73. The van der Waals surface area contributed by atoms with Gasteiger partial charge in [0.05, 0.1) is 33.0 Å². The predicted octanol–water partition coefficient (Wildman–Crippen LogP) is 11.4. The molecule has 6 aromatic carbocycles. The number of fused-ring (bicyclic) bond motifs is 13. The summed E-state index contributed by atoms with van der Waals surface area (Å²) in [5.74, 6) is 3.79. The molecule has 0 spiro atoms. The second-order valence-electron chi connectivity index (χ2n) is 15.4. The van der Waals surface area contributed by atoms with Crippen molar-refractivity contribution in [3.63, 3.8) is 0 Å². The smallest absolute Gasteiger partial charge is 0.201 e. The third kappa shape index (κ3) is 5.19. The summed E-state index contributed by atoms with van der Waals surface area (Å²) in [7, 11) is 0. The summed E-state index contributed by atoms with van der Waals surface area (Å²) in [6.07, 6.45) is 26.3. The van der Waals surface area contributed by atoms with Gasteiger partial charge >= 0.3 is 0 Å². The second kappa shape index (κ2) is 14.0. The van der Waals surface area contributed by atoms with Gasteiger partial charge in [0.1, 0.15) is 17.4 Å². The molecule has 1 aliphatic carbocycles. The van der Waals surface area contributed by atoms with Crippen molar-refractivity contribution in [1.29, 1.82) is 0 Å². The van der Waals surface area contributed by atoms with Crippen molar-refractivity contribution in [3.8, 4) is 29.2 Å². The third-order valence-corrected chi connectivity index (χ3v) is 12.2. The number of allylic oxidation sites excluding steroid dienone is 8. The van der Waals surface area contributed by atoms with Gasteiger partial charge in [-0.2, -0.15) is 0 Å². The van der Waals surface area contributed by atoms with Crippen LogP contribution in [0.3, 0.4) is 0 Å². The fraction of sp³-hybridized carbons (Fsp3) is 0.109. The lowest BCUT2D eigenvalue weighted by atomic mass is 9.88. The molecule has 0 saturated heterocycles. The van der Waals surface area contributed by atoms with Crippen molar-refractivity contribution in [2.24, 2.45) is 4.99 Å². The molecule has 60 heavy (non-hydrogen) atoms. The van der Waals surface area contributed by atoms with E-state index in [2.05, 4.69) is 174 Å². The zero-order valence-electron chi connectivity index (χ0n) is 33.6. The van der Waals surface area contributed by atoms with E-state index < -0.39 is 6.29 Å². The van der Waals surface area contributed by atoms with E-state index in [1.165, 1.54) is 10.9 Å². The molecule has 5 heteroatoms. The Bertz CT molecular complexity index is 3500. The van der Waals surface area contributed by atoms with Crippen molar-refractivity contribution in [3.05, 3.63) is 192 Å². The van der Waals surface area contributed by atoms with Crippen LogP contribution in [-0.2, 0) is 0 Å². The Labute approximate surface area is 348 Å². The number of benzene rings is 5. The van der Waals surface area contributed by atoms with Crippen LogP contribution >= 0.6 is 0 Å². The zero-order chi connectivity index (χ0) is 40.5. The first-order chi connectivity index (χ1) is 29.6. The molecule has 0 radical (unpaired) electrons. The lowest BCUT2D eigenvalue weighted by molar-refractivity contribution is 0.271. The van der Waals surface area contributed by atoms with Gasteiger partial charge in [0, 0.05) is 49.7 Å². The first-order valence-corrected chi connectivity index (χ1v) is 20.5. The highest BCUT2D eigenvalue weighted by Gasteiger charge is 2.37. The molecule has 3 unspecified atom stereocenters. The van der Waals surface area contributed by atoms with Gasteiger partial charge in [-0.05, 0) is 104 Å². The molecule has 2 aromatic heterocycles. The van der Waals surface area contributed by atoms with Crippen LogP contribution in [0.1, 0.15) is 38.5 Å². The van der Waals surface area contributed by atoms with Crippen LogP contribution in [0.2, 0.25) is 0 Å². The molecule has 286 valence electrons. The van der Waals surface area contributed by atoms with Crippen LogP contribution in [0.5, 0.6) is 5.75 Å². The molecule has 8 aromatic rings. The number of para-hydroxylation sites is 1. The normalized spacial score (nSPS) is 18.6. The van der Waals surface area contributed by atoms with Crippen LogP contribution in [-0.4, -0.2) is 15.2 Å². The molecule has 0 saturated carbocycles. The van der Waals surface area contributed by atoms with Gasteiger partial charge in [-0.25, -0.2) is 4.99 Å². The van der Waals surface area contributed by atoms with Crippen molar-refractivity contribution in [1.82, 2.24) is 14.5 Å². The summed E-state index contributed by atoms with van der Waals surface area (Å²) in [5.41, 5.74) is 10.5. The number of aromatic nitrogens is 2. The van der Waals surface area contributed by atoms with Crippen molar-refractivity contribution >= 4 is 65.8 Å². The lowest BCUT2D eigenvalue weighted by Crippen LogP contribution is -2.41. The van der Waals surface area contributed by atoms with Crippen LogP contribution < -0.4 is 20.6 Å². The van der Waals surface area contributed by atoms with Crippen LogP contribution in [0.4, 0.5) is 0 Å². The summed E-state index contributed by atoms with van der Waals surface area (Å²) in [5, 5.41) is 12.6. The zero-order valence-corrected chi connectivity index (χ0v) is 33.6. The van der Waals surface area contributed by atoms with Gasteiger partial charge in [-0.15, -0.1) is 6.42 Å². The molecule has 0 amide bonds. The number of hydrogen-bond acceptors (Lipinski definition) is 3. The average molecular weight is 773 g/mol. The average Bonchev–Trinajstić information content (AvgIpc) is 3.95. The van der Waals surface area contributed by atoms with Crippen molar-refractivity contribution < 1.29 is 4.74 Å². The first-order valence-electron chi connectivity index (χ1n) is 20.5. The minimum Gasteiger partial charge on any atom is -0.484 e. The van der Waals surface area contributed by atoms with Crippen LogP contribution in [0, 0.1) is 24.5 Å². The fourth-order valence-electron chi connectivity index (χ4n) is 9.72. The van der Waals surface area contributed by atoms with Gasteiger partial charge in [0.25, 0.3) is 0 Å². The molecular formula is C55H40N4O. The quantitative estimate of drug-likeness (QED) is 0.135. The maximum Gasteiger partial charge on any atom is 0.201 e. The van der Waals surface area contributed by atoms with E-state index in [4.69, 9.17) is 16.2 Å². The molecular weight excluding hydrogens is 733 g/mol. The summed E-state index contributed by atoms with van der Waals surface area (Å²) in [6, 6.07) is 41.5. The highest BCUT2D eigenvalue weighted by atomic mass is 16.5. The minimum atomic E-state index is -0.531. The highest BCUT2D eigenvalue weighted by molar-refractivity contribution is 6.25. The van der Waals surface area contributed by atoms with Crippen LogP contribution in [0.15, 0.2) is 168 Å². The molecule has 11 rings (SSSR count). The second-order valence-corrected chi connectivity index (χ2v) is 15.4. The summed E-state index contributed by atoms with van der Waals surface area (Å²) < 4.78 is 11.8. The summed E-state index contributed by atoms with van der Waals surface area (Å²) in [6.45, 7) is 6.15. The van der Waals surface area contributed by atoms with Gasteiger partial charge < -0.3 is 14.6 Å². The number of hydrogen-bond donors (Lipinski definition) is 1. The van der Waals surface area contributed by atoms with E-state index in [1.54, 1.807) is 0 Å². The third-order valence-electron chi connectivity index (χ3n) is 12.2.